The molecule has 0 radical (unpaired) electrons. The van der Waals surface area contributed by atoms with Gasteiger partial charge < -0.3 is 4.74 Å². The topological polar surface area (TPSA) is 43.4 Å². The minimum atomic E-state index is -0.588. The number of methoxy groups -OCH3 is 1. The average Bonchev–Trinajstić information content (AvgIpc) is 2.43. The van der Waals surface area contributed by atoms with Crippen LogP contribution in [-0.2, 0) is 14.3 Å². The monoisotopic (exact) mass is 196 g/mol. The number of hydrogen-bond acceptors (Lipinski definition) is 3. The predicted molar refractivity (Wildman–Crippen MR) is 52.7 cm³/mol. The second-order valence-corrected chi connectivity index (χ2v) is 3.97. The Hall–Kier alpha value is -1.12. The third kappa shape index (κ3) is 1.72. The number of esters is 1. The Morgan fingerprint density at radius 3 is 2.93 bits per heavy atom. The van der Waals surface area contributed by atoms with E-state index in [1.165, 1.54) is 7.11 Å². The van der Waals surface area contributed by atoms with Gasteiger partial charge in [0.25, 0.3) is 0 Å². The van der Waals surface area contributed by atoms with Gasteiger partial charge in [0.05, 0.1) is 13.5 Å². The Bertz CT molecular complexity index is 270. The first-order chi connectivity index (χ1) is 6.54. The van der Waals surface area contributed by atoms with Gasteiger partial charge in [0.1, 0.15) is 5.78 Å². The Morgan fingerprint density at radius 1 is 1.79 bits per heavy atom. The SMILES string of the molecule is C=C[C@@H]1CCC(=O)[C@@]1(C)CC(=O)OC. The largest absolute Gasteiger partial charge is 0.469 e. The first kappa shape index (κ1) is 11.0. The minimum absolute atomic E-state index is 0.106. The number of Topliss-reactive ketones (excluding diaryl/α,β-unsaturated/α-hetero) is 1. The van der Waals surface area contributed by atoms with Gasteiger partial charge >= 0.3 is 5.97 Å². The van der Waals surface area contributed by atoms with Crippen LogP contribution in [-0.4, -0.2) is 18.9 Å². The zero-order chi connectivity index (χ0) is 10.8. The number of carbonyl (C=O) groups excluding carboxylic acids is 2. The average molecular weight is 196 g/mol. The van der Waals surface area contributed by atoms with E-state index in [0.717, 1.165) is 6.42 Å². The van der Waals surface area contributed by atoms with Crippen molar-refractivity contribution in [3.63, 3.8) is 0 Å². The first-order valence-corrected chi connectivity index (χ1v) is 4.77. The van der Waals surface area contributed by atoms with E-state index in [1.807, 2.05) is 6.92 Å². The molecule has 0 aromatic heterocycles. The molecule has 3 heteroatoms. The van der Waals surface area contributed by atoms with Crippen LogP contribution in [0.1, 0.15) is 26.2 Å². The Morgan fingerprint density at radius 2 is 2.43 bits per heavy atom. The van der Waals surface area contributed by atoms with E-state index in [2.05, 4.69) is 11.3 Å². The molecule has 0 unspecified atom stereocenters. The molecule has 0 saturated heterocycles. The van der Waals surface area contributed by atoms with Crippen molar-refractivity contribution in [1.29, 1.82) is 0 Å². The molecular weight excluding hydrogens is 180 g/mol. The van der Waals surface area contributed by atoms with Crippen LogP contribution in [0.4, 0.5) is 0 Å². The van der Waals surface area contributed by atoms with Gasteiger partial charge in [-0.1, -0.05) is 13.0 Å². The summed E-state index contributed by atoms with van der Waals surface area (Å²) in [5.74, 6) is -0.0727. The minimum Gasteiger partial charge on any atom is -0.469 e. The maximum absolute atomic E-state index is 11.7. The van der Waals surface area contributed by atoms with Crippen molar-refractivity contribution in [2.75, 3.05) is 7.11 Å². The lowest BCUT2D eigenvalue weighted by molar-refractivity contribution is -0.146. The van der Waals surface area contributed by atoms with Gasteiger partial charge in [-0.3, -0.25) is 9.59 Å². The maximum atomic E-state index is 11.7. The molecule has 2 atom stereocenters. The highest BCUT2D eigenvalue weighted by Gasteiger charge is 2.45. The first-order valence-electron chi connectivity index (χ1n) is 4.77. The summed E-state index contributed by atoms with van der Waals surface area (Å²) < 4.78 is 4.59. The summed E-state index contributed by atoms with van der Waals surface area (Å²) in [4.78, 5) is 22.8. The Balaban J connectivity index is 2.82. The lowest BCUT2D eigenvalue weighted by Crippen LogP contribution is -2.31. The smallest absolute Gasteiger partial charge is 0.306 e. The summed E-state index contributed by atoms with van der Waals surface area (Å²) in [6.45, 7) is 5.53. The number of carbonyl (C=O) groups is 2. The van der Waals surface area contributed by atoms with E-state index in [4.69, 9.17) is 0 Å². The lowest BCUT2D eigenvalue weighted by atomic mass is 9.76. The normalized spacial score (nSPS) is 31.6. The molecule has 0 bridgehead atoms. The highest BCUT2D eigenvalue weighted by Crippen LogP contribution is 2.43. The molecule has 1 fully saturated rings. The number of ketones is 1. The third-order valence-corrected chi connectivity index (χ3v) is 3.16. The van der Waals surface area contributed by atoms with Gasteiger partial charge in [0, 0.05) is 11.8 Å². The summed E-state index contributed by atoms with van der Waals surface area (Å²) in [6.07, 6.45) is 3.28. The molecule has 0 spiro atoms. The van der Waals surface area contributed by atoms with Crippen molar-refractivity contribution in [3.05, 3.63) is 12.7 Å². The molecule has 1 aliphatic carbocycles. The zero-order valence-electron chi connectivity index (χ0n) is 8.71. The molecule has 0 aliphatic heterocycles. The summed E-state index contributed by atoms with van der Waals surface area (Å²) in [6, 6.07) is 0. The van der Waals surface area contributed by atoms with E-state index >= 15 is 0 Å². The van der Waals surface area contributed by atoms with Crippen LogP contribution in [0.3, 0.4) is 0 Å². The van der Waals surface area contributed by atoms with Gasteiger partial charge in [0.2, 0.25) is 0 Å². The van der Waals surface area contributed by atoms with Crippen LogP contribution < -0.4 is 0 Å². The number of ether oxygens (including phenoxy) is 1. The van der Waals surface area contributed by atoms with E-state index in [0.29, 0.717) is 6.42 Å². The molecule has 0 aromatic carbocycles. The Kier molecular flexibility index (Phi) is 3.09. The van der Waals surface area contributed by atoms with E-state index < -0.39 is 5.41 Å². The van der Waals surface area contributed by atoms with Gasteiger partial charge in [-0.15, -0.1) is 6.58 Å². The van der Waals surface area contributed by atoms with Crippen molar-refractivity contribution < 1.29 is 14.3 Å². The van der Waals surface area contributed by atoms with Gasteiger partial charge in [-0.05, 0) is 12.3 Å². The molecule has 0 aromatic rings. The quantitative estimate of drug-likeness (QED) is 0.510. The summed E-state index contributed by atoms with van der Waals surface area (Å²) in [5.41, 5.74) is -0.588. The molecule has 0 heterocycles. The van der Waals surface area contributed by atoms with Crippen molar-refractivity contribution in [1.82, 2.24) is 0 Å². The van der Waals surface area contributed by atoms with Gasteiger partial charge in [0.15, 0.2) is 0 Å². The zero-order valence-corrected chi connectivity index (χ0v) is 8.71. The van der Waals surface area contributed by atoms with Crippen molar-refractivity contribution in [2.45, 2.75) is 26.2 Å². The maximum Gasteiger partial charge on any atom is 0.306 e. The van der Waals surface area contributed by atoms with Crippen LogP contribution in [0.2, 0.25) is 0 Å². The molecular formula is C11H16O3. The molecule has 0 amide bonds. The second kappa shape index (κ2) is 3.95. The van der Waals surface area contributed by atoms with Crippen LogP contribution in [0.25, 0.3) is 0 Å². The van der Waals surface area contributed by atoms with Gasteiger partial charge in [-0.25, -0.2) is 0 Å². The summed E-state index contributed by atoms with van der Waals surface area (Å²) >= 11 is 0. The third-order valence-electron chi connectivity index (χ3n) is 3.16. The second-order valence-electron chi connectivity index (χ2n) is 3.97. The Labute approximate surface area is 84.1 Å². The van der Waals surface area contributed by atoms with Crippen molar-refractivity contribution >= 4 is 11.8 Å². The van der Waals surface area contributed by atoms with Crippen molar-refractivity contribution in [2.24, 2.45) is 11.3 Å². The number of rotatable bonds is 3. The van der Waals surface area contributed by atoms with Crippen LogP contribution in [0.15, 0.2) is 12.7 Å². The molecule has 1 rings (SSSR count). The molecule has 1 saturated carbocycles. The molecule has 1 aliphatic rings. The van der Waals surface area contributed by atoms with Crippen LogP contribution >= 0.6 is 0 Å². The predicted octanol–water partition coefficient (Wildman–Crippen LogP) is 1.72. The van der Waals surface area contributed by atoms with Gasteiger partial charge in [-0.2, -0.15) is 0 Å². The highest BCUT2D eigenvalue weighted by molar-refractivity contribution is 5.91. The fourth-order valence-electron chi connectivity index (χ4n) is 2.08. The lowest BCUT2D eigenvalue weighted by Gasteiger charge is -2.26. The summed E-state index contributed by atoms with van der Waals surface area (Å²) in [5, 5.41) is 0. The molecule has 3 nitrogen and oxygen atoms in total. The van der Waals surface area contributed by atoms with E-state index in [-0.39, 0.29) is 24.1 Å². The van der Waals surface area contributed by atoms with E-state index in [1.54, 1.807) is 6.08 Å². The standard InChI is InChI=1S/C11H16O3/c1-4-8-5-6-9(12)11(8,2)7-10(13)14-3/h4,8H,1,5-7H2,2-3H3/t8-,11+/m1/s1. The van der Waals surface area contributed by atoms with Crippen molar-refractivity contribution in [3.8, 4) is 0 Å². The molecule has 78 valence electrons. The molecule has 0 N–H and O–H groups in total. The van der Waals surface area contributed by atoms with E-state index in [9.17, 15) is 9.59 Å². The van der Waals surface area contributed by atoms with Crippen LogP contribution in [0.5, 0.6) is 0 Å². The number of allylic oxidation sites excluding steroid dienone is 1. The van der Waals surface area contributed by atoms with Crippen LogP contribution in [0, 0.1) is 11.3 Å². The fraction of sp³-hybridized carbons (Fsp3) is 0.636. The number of hydrogen-bond donors (Lipinski definition) is 0. The summed E-state index contributed by atoms with van der Waals surface area (Å²) in [7, 11) is 1.34. The highest BCUT2D eigenvalue weighted by atomic mass is 16.5. The molecule has 14 heavy (non-hydrogen) atoms. The fourth-order valence-corrected chi connectivity index (χ4v) is 2.08.